The van der Waals surface area contributed by atoms with Crippen molar-refractivity contribution >= 4 is 5.97 Å². The van der Waals surface area contributed by atoms with Crippen LogP contribution in [0.15, 0.2) is 18.2 Å². The number of nitrogens with zero attached hydrogens (tertiary/aromatic N) is 1. The monoisotopic (exact) mass is 303 g/mol. The molecule has 1 aromatic rings. The fourth-order valence-electron chi connectivity index (χ4n) is 2.75. The summed E-state index contributed by atoms with van der Waals surface area (Å²) < 4.78 is 43.1. The molecule has 0 radical (unpaired) electrons. The van der Waals surface area contributed by atoms with Gasteiger partial charge in [-0.2, -0.15) is 13.2 Å². The molecule has 7 heteroatoms. The Kier molecular flexibility index (Phi) is 4.41. The van der Waals surface area contributed by atoms with E-state index >= 15 is 0 Å². The first kappa shape index (κ1) is 15.6. The standard InChI is InChI=1S/C14H16F3NO3/c1-21-10-4-2-9-3-5-12(11(9)6-10)18(7-13(19)20)8-14(15,16)17/h2,4,6,12H,3,5,7-8H2,1H3,(H,19,20). The molecular weight excluding hydrogens is 287 g/mol. The summed E-state index contributed by atoms with van der Waals surface area (Å²) in [5.74, 6) is -0.710. The first-order chi connectivity index (χ1) is 9.80. The lowest BCUT2D eigenvalue weighted by molar-refractivity contribution is -0.158. The van der Waals surface area contributed by atoms with Gasteiger partial charge in [0.2, 0.25) is 0 Å². The van der Waals surface area contributed by atoms with Crippen LogP contribution in [0.2, 0.25) is 0 Å². The molecule has 4 nitrogen and oxygen atoms in total. The smallest absolute Gasteiger partial charge is 0.401 e. The minimum atomic E-state index is -4.43. The first-order valence-electron chi connectivity index (χ1n) is 6.49. The largest absolute Gasteiger partial charge is 0.497 e. The van der Waals surface area contributed by atoms with Crippen LogP contribution < -0.4 is 4.74 Å². The highest BCUT2D eigenvalue weighted by molar-refractivity contribution is 5.69. The second-order valence-corrected chi connectivity index (χ2v) is 5.03. The average Bonchev–Trinajstić information content (AvgIpc) is 2.78. The van der Waals surface area contributed by atoms with Crippen molar-refractivity contribution in [1.82, 2.24) is 4.90 Å². The van der Waals surface area contributed by atoms with Gasteiger partial charge in [0, 0.05) is 6.04 Å². The molecule has 1 unspecified atom stereocenters. The number of methoxy groups -OCH3 is 1. The zero-order valence-electron chi connectivity index (χ0n) is 11.5. The predicted molar refractivity (Wildman–Crippen MR) is 69.3 cm³/mol. The van der Waals surface area contributed by atoms with Crippen molar-refractivity contribution in [1.29, 1.82) is 0 Å². The number of aliphatic carboxylic acids is 1. The molecule has 0 saturated carbocycles. The van der Waals surface area contributed by atoms with Crippen LogP contribution >= 0.6 is 0 Å². The molecule has 0 amide bonds. The molecule has 116 valence electrons. The molecule has 2 rings (SSSR count). The highest BCUT2D eigenvalue weighted by atomic mass is 19.4. The third-order valence-corrected chi connectivity index (χ3v) is 3.56. The van der Waals surface area contributed by atoms with E-state index in [-0.39, 0.29) is 0 Å². The van der Waals surface area contributed by atoms with Crippen LogP contribution in [-0.2, 0) is 11.2 Å². The Hall–Kier alpha value is -1.76. The SMILES string of the molecule is COc1ccc2c(c1)C(N(CC(=O)O)CC(F)(F)F)CC2. The molecule has 1 aromatic carbocycles. The van der Waals surface area contributed by atoms with E-state index in [1.165, 1.54) is 7.11 Å². The fraction of sp³-hybridized carbons (Fsp3) is 0.500. The summed E-state index contributed by atoms with van der Waals surface area (Å²) in [4.78, 5) is 11.8. The molecule has 1 atom stereocenters. The van der Waals surface area contributed by atoms with E-state index in [2.05, 4.69) is 0 Å². The average molecular weight is 303 g/mol. The zero-order chi connectivity index (χ0) is 15.6. The van der Waals surface area contributed by atoms with Gasteiger partial charge in [-0.15, -0.1) is 0 Å². The summed E-state index contributed by atoms with van der Waals surface area (Å²) in [6, 6.07) is 4.72. The molecule has 0 saturated heterocycles. The molecule has 0 aliphatic heterocycles. The first-order valence-corrected chi connectivity index (χ1v) is 6.49. The maximum atomic E-state index is 12.7. The van der Waals surface area contributed by atoms with E-state index in [4.69, 9.17) is 9.84 Å². The number of carboxylic acid groups (broad SMARTS) is 1. The van der Waals surface area contributed by atoms with Crippen molar-refractivity contribution in [2.75, 3.05) is 20.2 Å². The second kappa shape index (κ2) is 5.93. The summed E-state index contributed by atoms with van der Waals surface area (Å²) in [6.45, 7) is -1.87. The zero-order valence-corrected chi connectivity index (χ0v) is 11.5. The van der Waals surface area contributed by atoms with Gasteiger partial charge in [-0.05, 0) is 36.1 Å². The van der Waals surface area contributed by atoms with E-state index in [9.17, 15) is 18.0 Å². The minimum Gasteiger partial charge on any atom is -0.497 e. The topological polar surface area (TPSA) is 49.8 Å². The number of benzene rings is 1. The van der Waals surface area contributed by atoms with Crippen molar-refractivity contribution in [2.24, 2.45) is 0 Å². The predicted octanol–water partition coefficient (Wildman–Crippen LogP) is 2.63. The van der Waals surface area contributed by atoms with Crippen molar-refractivity contribution in [3.05, 3.63) is 29.3 Å². The van der Waals surface area contributed by atoms with Gasteiger partial charge in [-0.1, -0.05) is 6.07 Å². The number of carbonyl (C=O) groups is 1. The van der Waals surface area contributed by atoms with Crippen LogP contribution in [0.3, 0.4) is 0 Å². The van der Waals surface area contributed by atoms with Crippen molar-refractivity contribution in [3.8, 4) is 5.75 Å². The maximum absolute atomic E-state index is 12.7. The fourth-order valence-corrected chi connectivity index (χ4v) is 2.75. The van der Waals surface area contributed by atoms with Gasteiger partial charge in [0.05, 0.1) is 20.2 Å². The summed E-state index contributed by atoms with van der Waals surface area (Å²) >= 11 is 0. The summed E-state index contributed by atoms with van der Waals surface area (Å²) in [7, 11) is 1.48. The molecule has 1 N–H and O–H groups in total. The van der Waals surface area contributed by atoms with Crippen molar-refractivity contribution in [2.45, 2.75) is 25.1 Å². The molecule has 0 spiro atoms. The number of rotatable bonds is 5. The summed E-state index contributed by atoms with van der Waals surface area (Å²) in [5, 5.41) is 8.86. The normalized spacial score (nSPS) is 17.9. The molecule has 21 heavy (non-hydrogen) atoms. The number of aryl methyl sites for hydroxylation is 1. The van der Waals surface area contributed by atoms with Gasteiger partial charge < -0.3 is 9.84 Å². The third kappa shape index (κ3) is 3.87. The van der Waals surface area contributed by atoms with Crippen LogP contribution in [0, 0.1) is 0 Å². The van der Waals surface area contributed by atoms with Crippen LogP contribution in [0.25, 0.3) is 0 Å². The van der Waals surface area contributed by atoms with Crippen LogP contribution in [0.4, 0.5) is 13.2 Å². The van der Waals surface area contributed by atoms with E-state index in [0.717, 1.165) is 16.0 Å². The number of alkyl halides is 3. The maximum Gasteiger partial charge on any atom is 0.401 e. The number of halogens is 3. The van der Waals surface area contributed by atoms with Crippen LogP contribution in [-0.4, -0.2) is 42.4 Å². The lowest BCUT2D eigenvalue weighted by Crippen LogP contribution is -2.39. The number of hydrogen-bond acceptors (Lipinski definition) is 3. The van der Waals surface area contributed by atoms with E-state index in [1.807, 2.05) is 6.07 Å². The van der Waals surface area contributed by atoms with Crippen LogP contribution in [0.1, 0.15) is 23.6 Å². The van der Waals surface area contributed by atoms with Gasteiger partial charge in [0.25, 0.3) is 0 Å². The van der Waals surface area contributed by atoms with Gasteiger partial charge in [0.1, 0.15) is 5.75 Å². The van der Waals surface area contributed by atoms with E-state index in [0.29, 0.717) is 18.6 Å². The highest BCUT2D eigenvalue weighted by Crippen LogP contribution is 2.38. The number of fused-ring (bicyclic) bond motifs is 1. The lowest BCUT2D eigenvalue weighted by Gasteiger charge is -2.29. The van der Waals surface area contributed by atoms with E-state index in [1.54, 1.807) is 12.1 Å². The molecule has 0 aromatic heterocycles. The van der Waals surface area contributed by atoms with Gasteiger partial charge >= 0.3 is 12.1 Å². The molecule has 1 aliphatic carbocycles. The lowest BCUT2D eigenvalue weighted by atomic mass is 10.1. The van der Waals surface area contributed by atoms with Gasteiger partial charge in [-0.3, -0.25) is 9.69 Å². The van der Waals surface area contributed by atoms with E-state index < -0.39 is 31.3 Å². The van der Waals surface area contributed by atoms with Gasteiger partial charge in [-0.25, -0.2) is 0 Å². The molecule has 0 fully saturated rings. The Morgan fingerprint density at radius 3 is 2.76 bits per heavy atom. The van der Waals surface area contributed by atoms with Crippen molar-refractivity contribution < 1.29 is 27.8 Å². The molecule has 0 heterocycles. The summed E-state index contributed by atoms with van der Waals surface area (Å²) in [5.41, 5.74) is 1.67. The third-order valence-electron chi connectivity index (χ3n) is 3.56. The molecule has 1 aliphatic rings. The van der Waals surface area contributed by atoms with Gasteiger partial charge in [0.15, 0.2) is 0 Å². The number of carboxylic acids is 1. The number of ether oxygens (including phenoxy) is 1. The quantitative estimate of drug-likeness (QED) is 0.908. The molecular formula is C14H16F3NO3. The molecule has 0 bridgehead atoms. The second-order valence-electron chi connectivity index (χ2n) is 5.03. The Morgan fingerprint density at radius 2 is 2.19 bits per heavy atom. The minimum absolute atomic E-state index is 0.478. The number of hydrogen-bond donors (Lipinski definition) is 1. The Labute approximate surface area is 120 Å². The highest BCUT2D eigenvalue weighted by Gasteiger charge is 2.37. The Balaban J connectivity index is 2.28. The summed E-state index contributed by atoms with van der Waals surface area (Å²) in [6.07, 6.45) is -3.32. The Bertz CT molecular complexity index is 531. The van der Waals surface area contributed by atoms with Crippen molar-refractivity contribution in [3.63, 3.8) is 0 Å². The Morgan fingerprint density at radius 1 is 1.48 bits per heavy atom. The van der Waals surface area contributed by atoms with Crippen LogP contribution in [0.5, 0.6) is 5.75 Å².